The standard InChI is InChI=1S/C16H23F2N3O/c1-2-19-16(21-10-15(17)18)20-9-13-5-3-4-6-14(13)22-11-12-7-8-12/h3-6,12,15H,2,7-11H2,1H3,(H2,19,20,21). The predicted octanol–water partition coefficient (Wildman–Crippen LogP) is 2.80. The fraction of sp³-hybridized carbons (Fsp3) is 0.562. The molecule has 0 spiro atoms. The van der Waals surface area contributed by atoms with Gasteiger partial charge in [0.25, 0.3) is 6.43 Å². The third-order valence-corrected chi connectivity index (χ3v) is 3.32. The highest BCUT2D eigenvalue weighted by Crippen LogP contribution is 2.30. The fourth-order valence-electron chi connectivity index (χ4n) is 1.95. The van der Waals surface area contributed by atoms with Gasteiger partial charge in [0.1, 0.15) is 5.75 Å². The van der Waals surface area contributed by atoms with Crippen molar-refractivity contribution in [2.75, 3.05) is 19.7 Å². The number of para-hydroxylation sites is 1. The normalized spacial score (nSPS) is 15.0. The monoisotopic (exact) mass is 311 g/mol. The number of alkyl halides is 2. The quantitative estimate of drug-likeness (QED) is 0.573. The number of halogens is 2. The first-order chi connectivity index (χ1) is 10.7. The first-order valence-corrected chi connectivity index (χ1v) is 7.70. The summed E-state index contributed by atoms with van der Waals surface area (Å²) in [5, 5.41) is 5.57. The van der Waals surface area contributed by atoms with E-state index >= 15 is 0 Å². The second-order valence-electron chi connectivity index (χ2n) is 5.33. The maximum Gasteiger partial charge on any atom is 0.255 e. The molecular formula is C16H23F2N3O. The van der Waals surface area contributed by atoms with Crippen molar-refractivity contribution in [2.24, 2.45) is 10.9 Å². The Bertz CT molecular complexity index is 490. The second-order valence-corrected chi connectivity index (χ2v) is 5.33. The highest BCUT2D eigenvalue weighted by atomic mass is 19.3. The third-order valence-electron chi connectivity index (χ3n) is 3.32. The highest BCUT2D eigenvalue weighted by molar-refractivity contribution is 5.79. The maximum absolute atomic E-state index is 12.3. The number of hydrogen-bond donors (Lipinski definition) is 2. The number of aliphatic imine (C=N–C) groups is 1. The van der Waals surface area contributed by atoms with Gasteiger partial charge in [0.2, 0.25) is 0 Å². The zero-order valence-electron chi connectivity index (χ0n) is 12.8. The number of guanidine groups is 1. The molecule has 2 N–H and O–H groups in total. The summed E-state index contributed by atoms with van der Waals surface area (Å²) in [5.74, 6) is 1.89. The zero-order chi connectivity index (χ0) is 15.8. The van der Waals surface area contributed by atoms with Crippen LogP contribution in [0.15, 0.2) is 29.3 Å². The molecule has 0 heterocycles. The Morgan fingerprint density at radius 3 is 2.77 bits per heavy atom. The molecule has 0 aromatic heterocycles. The number of nitrogens with zero attached hydrogens (tertiary/aromatic N) is 1. The number of nitrogens with one attached hydrogen (secondary N) is 2. The first kappa shape index (κ1) is 16.5. The maximum atomic E-state index is 12.3. The van der Waals surface area contributed by atoms with Crippen LogP contribution in [0, 0.1) is 5.92 Å². The van der Waals surface area contributed by atoms with E-state index in [1.165, 1.54) is 12.8 Å². The van der Waals surface area contributed by atoms with Gasteiger partial charge in [-0.25, -0.2) is 13.8 Å². The summed E-state index contributed by atoms with van der Waals surface area (Å²) in [5.41, 5.74) is 0.956. The van der Waals surface area contributed by atoms with E-state index in [1.54, 1.807) is 0 Å². The average molecular weight is 311 g/mol. The van der Waals surface area contributed by atoms with Gasteiger partial charge >= 0.3 is 0 Å². The molecule has 4 nitrogen and oxygen atoms in total. The summed E-state index contributed by atoms with van der Waals surface area (Å²) < 4.78 is 30.4. The molecule has 1 saturated carbocycles. The molecule has 1 aliphatic carbocycles. The van der Waals surface area contributed by atoms with Crippen LogP contribution in [0.2, 0.25) is 0 Å². The summed E-state index contributed by atoms with van der Waals surface area (Å²) >= 11 is 0. The topological polar surface area (TPSA) is 45.7 Å². The Morgan fingerprint density at radius 2 is 2.09 bits per heavy atom. The fourth-order valence-corrected chi connectivity index (χ4v) is 1.95. The van der Waals surface area contributed by atoms with Crippen LogP contribution in [-0.4, -0.2) is 32.1 Å². The summed E-state index contributed by atoms with van der Waals surface area (Å²) in [7, 11) is 0. The van der Waals surface area contributed by atoms with E-state index in [9.17, 15) is 8.78 Å². The molecule has 0 aliphatic heterocycles. The molecule has 0 amide bonds. The van der Waals surface area contributed by atoms with Crippen LogP contribution in [-0.2, 0) is 6.54 Å². The van der Waals surface area contributed by atoms with Gasteiger partial charge in [-0.2, -0.15) is 0 Å². The minimum Gasteiger partial charge on any atom is -0.493 e. The van der Waals surface area contributed by atoms with Crippen molar-refractivity contribution in [1.82, 2.24) is 10.6 Å². The average Bonchev–Trinajstić information content (AvgIpc) is 3.33. The lowest BCUT2D eigenvalue weighted by Crippen LogP contribution is -2.39. The Balaban J connectivity index is 1.95. The molecule has 22 heavy (non-hydrogen) atoms. The van der Waals surface area contributed by atoms with E-state index in [0.717, 1.165) is 17.9 Å². The van der Waals surface area contributed by atoms with Crippen molar-refractivity contribution < 1.29 is 13.5 Å². The minimum absolute atomic E-state index is 0.388. The number of hydrogen-bond acceptors (Lipinski definition) is 2. The van der Waals surface area contributed by atoms with Crippen molar-refractivity contribution in [3.63, 3.8) is 0 Å². The van der Waals surface area contributed by atoms with E-state index in [2.05, 4.69) is 15.6 Å². The molecule has 122 valence electrons. The lowest BCUT2D eigenvalue weighted by atomic mass is 10.2. The van der Waals surface area contributed by atoms with Crippen molar-refractivity contribution in [1.29, 1.82) is 0 Å². The smallest absolute Gasteiger partial charge is 0.255 e. The Morgan fingerprint density at radius 1 is 1.32 bits per heavy atom. The summed E-state index contributed by atoms with van der Waals surface area (Å²) in [6.45, 7) is 3.23. The van der Waals surface area contributed by atoms with Crippen LogP contribution in [0.25, 0.3) is 0 Å². The Hall–Kier alpha value is -1.85. The molecule has 0 bridgehead atoms. The van der Waals surface area contributed by atoms with Crippen LogP contribution in [0.3, 0.4) is 0 Å². The zero-order valence-corrected chi connectivity index (χ0v) is 12.8. The predicted molar refractivity (Wildman–Crippen MR) is 83.5 cm³/mol. The van der Waals surface area contributed by atoms with Crippen LogP contribution >= 0.6 is 0 Å². The molecule has 6 heteroatoms. The largest absolute Gasteiger partial charge is 0.493 e. The molecule has 1 aliphatic rings. The van der Waals surface area contributed by atoms with Gasteiger partial charge in [-0.1, -0.05) is 18.2 Å². The van der Waals surface area contributed by atoms with E-state index in [-0.39, 0.29) is 0 Å². The molecule has 0 radical (unpaired) electrons. The van der Waals surface area contributed by atoms with Gasteiger partial charge in [-0.05, 0) is 31.7 Å². The first-order valence-electron chi connectivity index (χ1n) is 7.70. The number of ether oxygens (including phenoxy) is 1. The van der Waals surface area contributed by atoms with Crippen LogP contribution in [0.1, 0.15) is 25.3 Å². The lowest BCUT2D eigenvalue weighted by Gasteiger charge is -2.12. The van der Waals surface area contributed by atoms with Gasteiger partial charge < -0.3 is 15.4 Å². The van der Waals surface area contributed by atoms with E-state index in [1.807, 2.05) is 31.2 Å². The van der Waals surface area contributed by atoms with Gasteiger partial charge in [-0.3, -0.25) is 0 Å². The van der Waals surface area contributed by atoms with E-state index < -0.39 is 13.0 Å². The minimum atomic E-state index is -2.40. The molecule has 0 saturated heterocycles. The molecular weight excluding hydrogens is 288 g/mol. The molecule has 0 atom stereocenters. The number of benzene rings is 1. The third kappa shape index (κ3) is 5.87. The van der Waals surface area contributed by atoms with Crippen molar-refractivity contribution in [3.05, 3.63) is 29.8 Å². The van der Waals surface area contributed by atoms with Gasteiger partial charge in [0.15, 0.2) is 5.96 Å². The Labute approximate surface area is 130 Å². The summed E-state index contributed by atoms with van der Waals surface area (Å²) in [6, 6.07) is 7.72. The second kappa shape index (κ2) is 8.56. The summed E-state index contributed by atoms with van der Waals surface area (Å²) in [6.07, 6.45) is 0.0724. The summed E-state index contributed by atoms with van der Waals surface area (Å²) in [4.78, 5) is 4.34. The van der Waals surface area contributed by atoms with Crippen molar-refractivity contribution >= 4 is 5.96 Å². The SMILES string of the molecule is CCNC(=NCc1ccccc1OCC1CC1)NCC(F)F. The van der Waals surface area contributed by atoms with Crippen molar-refractivity contribution in [2.45, 2.75) is 32.7 Å². The Kier molecular flexibility index (Phi) is 6.43. The van der Waals surface area contributed by atoms with Gasteiger partial charge in [-0.15, -0.1) is 0 Å². The molecule has 0 unspecified atom stereocenters. The highest BCUT2D eigenvalue weighted by Gasteiger charge is 2.22. The van der Waals surface area contributed by atoms with E-state index in [0.29, 0.717) is 25.0 Å². The van der Waals surface area contributed by atoms with Gasteiger partial charge in [0.05, 0.1) is 19.7 Å². The van der Waals surface area contributed by atoms with Crippen LogP contribution in [0.4, 0.5) is 8.78 Å². The van der Waals surface area contributed by atoms with Gasteiger partial charge in [0, 0.05) is 12.1 Å². The molecule has 1 aromatic rings. The molecule has 1 aromatic carbocycles. The van der Waals surface area contributed by atoms with Crippen LogP contribution < -0.4 is 15.4 Å². The lowest BCUT2D eigenvalue weighted by molar-refractivity contribution is 0.152. The van der Waals surface area contributed by atoms with E-state index in [4.69, 9.17) is 4.74 Å². The number of rotatable bonds is 8. The molecule has 1 fully saturated rings. The van der Waals surface area contributed by atoms with Crippen molar-refractivity contribution in [3.8, 4) is 5.75 Å². The molecule has 2 rings (SSSR count). The van der Waals surface area contributed by atoms with Crippen LogP contribution in [0.5, 0.6) is 5.75 Å².